The van der Waals surface area contributed by atoms with E-state index in [1.165, 1.54) is 19.4 Å². The lowest BCUT2D eigenvalue weighted by Crippen LogP contribution is -2.37. The molecule has 1 aliphatic heterocycles. The molecule has 104 valence electrons. The number of sulfonamides is 1. The number of nitrogens with two attached hydrogens (primary N) is 1. The summed E-state index contributed by atoms with van der Waals surface area (Å²) in [5.41, 5.74) is 0. The zero-order valence-electron chi connectivity index (χ0n) is 10.4. The number of hydrogen-bond donors (Lipinski definition) is 1. The Balaban J connectivity index is 2.25. The summed E-state index contributed by atoms with van der Waals surface area (Å²) in [6, 6.07) is 2.56. The summed E-state index contributed by atoms with van der Waals surface area (Å²) < 4.78 is 27.0. The summed E-state index contributed by atoms with van der Waals surface area (Å²) in [5.74, 6) is 0.232. The highest BCUT2D eigenvalue weighted by molar-refractivity contribution is 7.89. The molecule has 0 aliphatic carbocycles. The van der Waals surface area contributed by atoms with Gasteiger partial charge in [-0.15, -0.1) is 0 Å². The predicted octanol–water partition coefficient (Wildman–Crippen LogP) is -0.129. The summed E-state index contributed by atoms with van der Waals surface area (Å²) in [6.07, 6.45) is 2.75. The van der Waals surface area contributed by atoms with Crippen molar-refractivity contribution in [3.8, 4) is 0 Å². The Morgan fingerprint density at radius 1 is 1.53 bits per heavy atom. The van der Waals surface area contributed by atoms with E-state index < -0.39 is 10.0 Å². The minimum Gasteiger partial charge on any atom is -0.467 e. The maximum atomic E-state index is 11.6. The third-order valence-electron chi connectivity index (χ3n) is 3.07. The number of primary sulfonamides is 1. The van der Waals surface area contributed by atoms with Crippen LogP contribution in [0.5, 0.6) is 0 Å². The highest BCUT2D eigenvalue weighted by Crippen LogP contribution is 2.25. The molecule has 0 saturated carbocycles. The van der Waals surface area contributed by atoms with Crippen molar-refractivity contribution < 1.29 is 17.9 Å². The topological polar surface area (TPSA) is 103 Å². The van der Waals surface area contributed by atoms with Crippen molar-refractivity contribution in [1.29, 1.82) is 0 Å². The Morgan fingerprint density at radius 2 is 2.26 bits per heavy atom. The van der Waals surface area contributed by atoms with Crippen LogP contribution in [-0.2, 0) is 19.6 Å². The van der Waals surface area contributed by atoms with Crippen LogP contribution in [0.3, 0.4) is 0 Å². The van der Waals surface area contributed by atoms with Crippen molar-refractivity contribution in [2.75, 3.05) is 18.6 Å². The maximum absolute atomic E-state index is 11.6. The first-order valence-electron chi connectivity index (χ1n) is 5.77. The molecule has 8 heteroatoms. The maximum Gasteiger partial charge on any atom is 0.328 e. The van der Waals surface area contributed by atoms with Crippen molar-refractivity contribution in [2.24, 2.45) is 5.14 Å². The molecule has 1 aromatic rings. The Labute approximate surface area is 111 Å². The van der Waals surface area contributed by atoms with E-state index in [-0.39, 0.29) is 16.9 Å². The lowest BCUT2D eigenvalue weighted by atomic mass is 10.2. The summed E-state index contributed by atoms with van der Waals surface area (Å²) in [4.78, 5) is 17.4. The average molecular weight is 285 g/mol. The summed E-state index contributed by atoms with van der Waals surface area (Å²) in [6.45, 7) is 0.682. The third kappa shape index (κ3) is 2.85. The van der Waals surface area contributed by atoms with Gasteiger partial charge in [-0.25, -0.2) is 23.3 Å². The molecule has 0 radical (unpaired) electrons. The molecule has 1 saturated heterocycles. The van der Waals surface area contributed by atoms with Crippen LogP contribution in [0.2, 0.25) is 0 Å². The number of pyridine rings is 1. The van der Waals surface area contributed by atoms with Gasteiger partial charge in [0.2, 0.25) is 10.0 Å². The molecule has 1 aromatic heterocycles. The Hall–Kier alpha value is -1.67. The fourth-order valence-corrected chi connectivity index (χ4v) is 2.59. The van der Waals surface area contributed by atoms with E-state index in [1.807, 2.05) is 0 Å². The summed E-state index contributed by atoms with van der Waals surface area (Å²) in [7, 11) is -2.41. The smallest absolute Gasteiger partial charge is 0.328 e. The van der Waals surface area contributed by atoms with Gasteiger partial charge in [0.05, 0.1) is 7.11 Å². The molecule has 1 unspecified atom stereocenters. The van der Waals surface area contributed by atoms with E-state index in [0.717, 1.165) is 6.42 Å². The average Bonchev–Trinajstić information content (AvgIpc) is 2.86. The van der Waals surface area contributed by atoms with Gasteiger partial charge in [0.1, 0.15) is 16.8 Å². The van der Waals surface area contributed by atoms with E-state index in [4.69, 9.17) is 9.88 Å². The number of carbonyl (C=O) groups is 1. The standard InChI is InChI=1S/C11H15N3O4S/c1-18-11(15)9-3-2-6-14(9)10-5-4-8(7-13-10)19(12,16)17/h4-5,7,9H,2-3,6H2,1H3,(H2,12,16,17). The zero-order valence-corrected chi connectivity index (χ0v) is 11.3. The second-order valence-electron chi connectivity index (χ2n) is 4.27. The fourth-order valence-electron chi connectivity index (χ4n) is 2.13. The van der Waals surface area contributed by atoms with Crippen LogP contribution >= 0.6 is 0 Å². The number of esters is 1. The molecular formula is C11H15N3O4S. The molecule has 0 amide bonds. The molecule has 0 bridgehead atoms. The summed E-state index contributed by atoms with van der Waals surface area (Å²) >= 11 is 0. The Kier molecular flexibility index (Phi) is 3.72. The first-order valence-corrected chi connectivity index (χ1v) is 7.31. The number of carbonyl (C=O) groups excluding carboxylic acids is 1. The first kappa shape index (κ1) is 13.8. The van der Waals surface area contributed by atoms with E-state index >= 15 is 0 Å². The molecule has 1 fully saturated rings. The van der Waals surface area contributed by atoms with Gasteiger partial charge in [0, 0.05) is 12.7 Å². The van der Waals surface area contributed by atoms with E-state index in [2.05, 4.69) is 4.98 Å². The van der Waals surface area contributed by atoms with Crippen LogP contribution in [0.25, 0.3) is 0 Å². The lowest BCUT2D eigenvalue weighted by molar-refractivity contribution is -0.141. The number of anilines is 1. The predicted molar refractivity (Wildman–Crippen MR) is 68.0 cm³/mol. The number of aromatic nitrogens is 1. The minimum absolute atomic E-state index is 0.0509. The monoisotopic (exact) mass is 285 g/mol. The van der Waals surface area contributed by atoms with Crippen LogP contribution in [0.1, 0.15) is 12.8 Å². The number of rotatable bonds is 3. The first-order chi connectivity index (χ1) is 8.93. The van der Waals surface area contributed by atoms with Crippen LogP contribution in [0.4, 0.5) is 5.82 Å². The largest absolute Gasteiger partial charge is 0.467 e. The van der Waals surface area contributed by atoms with E-state index in [0.29, 0.717) is 18.8 Å². The third-order valence-corrected chi connectivity index (χ3v) is 3.97. The van der Waals surface area contributed by atoms with Gasteiger partial charge in [-0.1, -0.05) is 0 Å². The molecule has 0 spiro atoms. The van der Waals surface area contributed by atoms with Crippen LogP contribution in [0.15, 0.2) is 23.2 Å². The highest BCUT2D eigenvalue weighted by Gasteiger charge is 2.32. The molecule has 7 nitrogen and oxygen atoms in total. The molecule has 19 heavy (non-hydrogen) atoms. The van der Waals surface area contributed by atoms with Gasteiger partial charge in [0.15, 0.2) is 0 Å². The van der Waals surface area contributed by atoms with Crippen molar-refractivity contribution in [3.63, 3.8) is 0 Å². The molecule has 0 aromatic carbocycles. The van der Waals surface area contributed by atoms with Crippen molar-refractivity contribution >= 4 is 21.8 Å². The van der Waals surface area contributed by atoms with Crippen molar-refractivity contribution in [2.45, 2.75) is 23.8 Å². The molecular weight excluding hydrogens is 270 g/mol. The molecule has 2 heterocycles. The van der Waals surface area contributed by atoms with Gasteiger partial charge in [-0.2, -0.15) is 0 Å². The SMILES string of the molecule is COC(=O)C1CCCN1c1ccc(S(N)(=O)=O)cn1. The van der Waals surface area contributed by atoms with Gasteiger partial charge in [-0.3, -0.25) is 0 Å². The second kappa shape index (κ2) is 5.14. The number of methoxy groups -OCH3 is 1. The van der Waals surface area contributed by atoms with Gasteiger partial charge < -0.3 is 9.64 Å². The van der Waals surface area contributed by atoms with Gasteiger partial charge in [-0.05, 0) is 25.0 Å². The quantitative estimate of drug-likeness (QED) is 0.776. The Morgan fingerprint density at radius 3 is 2.79 bits per heavy atom. The van der Waals surface area contributed by atoms with E-state index in [1.54, 1.807) is 11.0 Å². The van der Waals surface area contributed by atoms with Gasteiger partial charge in [0.25, 0.3) is 0 Å². The van der Waals surface area contributed by atoms with Crippen LogP contribution < -0.4 is 10.0 Å². The van der Waals surface area contributed by atoms with Crippen LogP contribution in [-0.4, -0.2) is 39.1 Å². The minimum atomic E-state index is -3.75. The molecule has 2 rings (SSSR count). The zero-order chi connectivity index (χ0) is 14.0. The van der Waals surface area contributed by atoms with Crippen molar-refractivity contribution in [3.05, 3.63) is 18.3 Å². The van der Waals surface area contributed by atoms with Gasteiger partial charge >= 0.3 is 5.97 Å². The second-order valence-corrected chi connectivity index (χ2v) is 5.83. The molecule has 2 N–H and O–H groups in total. The molecule has 1 atom stereocenters. The fraction of sp³-hybridized carbons (Fsp3) is 0.455. The molecule has 1 aliphatic rings. The number of hydrogen-bond acceptors (Lipinski definition) is 6. The Bertz CT molecular complexity index is 570. The number of nitrogens with zero attached hydrogens (tertiary/aromatic N) is 2. The normalized spacial score (nSPS) is 19.5. The highest BCUT2D eigenvalue weighted by atomic mass is 32.2. The summed E-state index contributed by atoms with van der Waals surface area (Å²) in [5, 5.41) is 5.00. The lowest BCUT2D eigenvalue weighted by Gasteiger charge is -2.23. The number of ether oxygens (including phenoxy) is 1. The van der Waals surface area contributed by atoms with E-state index in [9.17, 15) is 13.2 Å². The van der Waals surface area contributed by atoms with Crippen molar-refractivity contribution in [1.82, 2.24) is 4.98 Å². The van der Waals surface area contributed by atoms with Crippen LogP contribution in [0, 0.1) is 0 Å².